The van der Waals surface area contributed by atoms with E-state index >= 15 is 0 Å². The summed E-state index contributed by atoms with van der Waals surface area (Å²) >= 11 is 0. The average Bonchev–Trinajstić information content (AvgIpc) is 3.06. The van der Waals surface area contributed by atoms with Crippen molar-refractivity contribution in [2.45, 2.75) is 13.5 Å². The maximum Gasteiger partial charge on any atom is 0.249 e. The van der Waals surface area contributed by atoms with E-state index in [4.69, 9.17) is 0 Å². The van der Waals surface area contributed by atoms with E-state index in [9.17, 15) is 9.59 Å². The van der Waals surface area contributed by atoms with Crippen LogP contribution in [0.5, 0.6) is 0 Å². The van der Waals surface area contributed by atoms with E-state index in [0.717, 1.165) is 16.5 Å². The van der Waals surface area contributed by atoms with Gasteiger partial charge < -0.3 is 10.6 Å². The summed E-state index contributed by atoms with van der Waals surface area (Å²) in [6.07, 6.45) is 6.52. The minimum Gasteiger partial charge on any atom is -0.355 e. The number of hydrogen-bond donors (Lipinski definition) is 2. The number of anilines is 1. The van der Waals surface area contributed by atoms with E-state index in [1.165, 1.54) is 10.8 Å². The number of likely N-dealkylation sites (N-methyl/N-ethyl adjacent to an activating group) is 1. The Bertz CT molecular complexity index is 956. The number of para-hydroxylation sites is 1. The molecule has 2 N–H and O–H groups in total. The summed E-state index contributed by atoms with van der Waals surface area (Å²) in [5.74, 6) is -0.0435. The second-order valence-electron chi connectivity index (χ2n) is 5.60. The number of nitrogens with zero attached hydrogens (tertiary/aromatic N) is 3. The number of carbonyl (C=O) groups is 2. The lowest BCUT2D eigenvalue weighted by Gasteiger charge is -2.02. The number of nitrogens with one attached hydrogen (secondary N) is 2. The average molecular weight is 349 g/mol. The molecule has 0 unspecified atom stereocenters. The van der Waals surface area contributed by atoms with Crippen LogP contribution in [0.4, 0.5) is 5.82 Å². The molecule has 7 nitrogen and oxygen atoms in total. The molecule has 0 aliphatic rings. The zero-order chi connectivity index (χ0) is 18.4. The summed E-state index contributed by atoms with van der Waals surface area (Å²) in [7, 11) is 0. The lowest BCUT2D eigenvalue weighted by molar-refractivity contribution is -0.121. The van der Waals surface area contributed by atoms with Gasteiger partial charge in [0.1, 0.15) is 6.54 Å². The zero-order valence-electron chi connectivity index (χ0n) is 14.3. The number of rotatable bonds is 6. The third-order valence-electron chi connectivity index (χ3n) is 3.65. The summed E-state index contributed by atoms with van der Waals surface area (Å²) in [6, 6.07) is 11.3. The van der Waals surface area contributed by atoms with Crippen molar-refractivity contribution in [3.8, 4) is 0 Å². The maximum atomic E-state index is 12.1. The molecule has 0 atom stereocenters. The topological polar surface area (TPSA) is 88.9 Å². The van der Waals surface area contributed by atoms with Crippen LogP contribution in [0.3, 0.4) is 0 Å². The van der Waals surface area contributed by atoms with Crippen molar-refractivity contribution in [2.75, 3.05) is 11.9 Å². The van der Waals surface area contributed by atoms with E-state index in [2.05, 4.69) is 20.7 Å². The lowest BCUT2D eigenvalue weighted by atomic mass is 10.1. The minimum absolute atomic E-state index is 0.112. The Morgan fingerprint density at radius 2 is 2.04 bits per heavy atom. The number of fused-ring (bicyclic) bond motifs is 1. The van der Waals surface area contributed by atoms with Crippen molar-refractivity contribution in [1.82, 2.24) is 20.1 Å². The van der Waals surface area contributed by atoms with Gasteiger partial charge in [0.25, 0.3) is 0 Å². The van der Waals surface area contributed by atoms with Crippen LogP contribution in [0.2, 0.25) is 0 Å². The van der Waals surface area contributed by atoms with Gasteiger partial charge in [0.05, 0.1) is 5.52 Å². The Morgan fingerprint density at radius 3 is 2.88 bits per heavy atom. The molecule has 0 saturated carbocycles. The van der Waals surface area contributed by atoms with Crippen LogP contribution in [-0.4, -0.2) is 33.1 Å². The molecule has 0 aliphatic carbocycles. The van der Waals surface area contributed by atoms with Gasteiger partial charge in [-0.1, -0.05) is 24.3 Å². The van der Waals surface area contributed by atoms with Crippen LogP contribution in [0, 0.1) is 0 Å². The maximum absolute atomic E-state index is 12.1. The van der Waals surface area contributed by atoms with Gasteiger partial charge in [-0.25, -0.2) is 0 Å². The van der Waals surface area contributed by atoms with Crippen LogP contribution in [0.1, 0.15) is 12.5 Å². The standard InChI is InChI=1S/C19H19N5O2/c1-2-20-18(26)13-24-12-10-16(23-24)22-17(25)9-8-15-6-3-5-14-7-4-11-21-19(14)15/h3-12H,2,13H2,1H3,(H,20,26)(H,22,23,25). The van der Waals surface area contributed by atoms with Crippen LogP contribution >= 0.6 is 0 Å². The van der Waals surface area contributed by atoms with E-state index in [1.54, 1.807) is 24.5 Å². The highest BCUT2D eigenvalue weighted by molar-refractivity contribution is 6.02. The summed E-state index contributed by atoms with van der Waals surface area (Å²) in [4.78, 5) is 28.0. The quantitative estimate of drug-likeness (QED) is 0.668. The molecule has 3 rings (SSSR count). The normalized spacial score (nSPS) is 11.0. The van der Waals surface area contributed by atoms with Crippen molar-refractivity contribution in [3.63, 3.8) is 0 Å². The molecule has 132 valence electrons. The van der Waals surface area contributed by atoms with Crippen molar-refractivity contribution >= 4 is 34.6 Å². The summed E-state index contributed by atoms with van der Waals surface area (Å²) < 4.78 is 1.47. The van der Waals surface area contributed by atoms with E-state index in [1.807, 2.05) is 37.3 Å². The van der Waals surface area contributed by atoms with Gasteiger partial charge in [-0.2, -0.15) is 5.10 Å². The molecule has 2 heterocycles. The van der Waals surface area contributed by atoms with Crippen LogP contribution in [-0.2, 0) is 16.1 Å². The van der Waals surface area contributed by atoms with Crippen molar-refractivity contribution in [3.05, 3.63) is 60.4 Å². The fourth-order valence-electron chi connectivity index (χ4n) is 2.51. The molecule has 26 heavy (non-hydrogen) atoms. The van der Waals surface area contributed by atoms with Crippen molar-refractivity contribution in [1.29, 1.82) is 0 Å². The number of amides is 2. The number of pyridine rings is 1. The first kappa shape index (κ1) is 17.3. The largest absolute Gasteiger partial charge is 0.355 e. The molecule has 2 amide bonds. The number of carbonyl (C=O) groups excluding carboxylic acids is 2. The smallest absolute Gasteiger partial charge is 0.249 e. The first-order valence-electron chi connectivity index (χ1n) is 8.28. The van der Waals surface area contributed by atoms with E-state index < -0.39 is 0 Å². The number of aromatic nitrogens is 3. The van der Waals surface area contributed by atoms with Gasteiger partial charge in [0.15, 0.2) is 5.82 Å². The third kappa shape index (κ3) is 4.32. The fourth-order valence-corrected chi connectivity index (χ4v) is 2.51. The molecule has 0 bridgehead atoms. The molecule has 7 heteroatoms. The van der Waals surface area contributed by atoms with Gasteiger partial charge in [-0.15, -0.1) is 0 Å². The lowest BCUT2D eigenvalue weighted by Crippen LogP contribution is -2.27. The molecule has 0 spiro atoms. The van der Waals surface area contributed by atoms with Gasteiger partial charge in [0.2, 0.25) is 11.8 Å². The van der Waals surface area contributed by atoms with Crippen molar-refractivity contribution in [2.24, 2.45) is 0 Å². The Morgan fingerprint density at radius 1 is 1.19 bits per heavy atom. The first-order chi connectivity index (χ1) is 12.7. The fraction of sp³-hybridized carbons (Fsp3) is 0.158. The molecule has 1 aromatic carbocycles. The summed E-state index contributed by atoms with van der Waals surface area (Å²) in [5, 5.41) is 10.5. The Hall–Kier alpha value is -3.48. The van der Waals surface area contributed by atoms with Crippen LogP contribution in [0.25, 0.3) is 17.0 Å². The van der Waals surface area contributed by atoms with Gasteiger partial charge in [-0.05, 0) is 19.1 Å². The second-order valence-corrected chi connectivity index (χ2v) is 5.60. The molecular weight excluding hydrogens is 330 g/mol. The predicted molar refractivity (Wildman–Crippen MR) is 100 cm³/mol. The first-order valence-corrected chi connectivity index (χ1v) is 8.28. The highest BCUT2D eigenvalue weighted by atomic mass is 16.2. The SMILES string of the molecule is CCNC(=O)Cn1ccc(NC(=O)C=Cc2cccc3cccnc23)n1. The summed E-state index contributed by atoms with van der Waals surface area (Å²) in [6.45, 7) is 2.53. The highest BCUT2D eigenvalue weighted by Gasteiger charge is 2.06. The van der Waals surface area contributed by atoms with E-state index in [0.29, 0.717) is 12.4 Å². The Kier molecular flexibility index (Phi) is 5.38. The molecular formula is C19H19N5O2. The Labute approximate surface area is 150 Å². The number of benzene rings is 1. The molecule has 2 aromatic heterocycles. The second kappa shape index (κ2) is 8.06. The molecule has 3 aromatic rings. The van der Waals surface area contributed by atoms with E-state index in [-0.39, 0.29) is 18.4 Å². The molecule has 0 saturated heterocycles. The Balaban J connectivity index is 1.64. The molecule has 0 fully saturated rings. The van der Waals surface area contributed by atoms with Crippen LogP contribution in [0.15, 0.2) is 54.9 Å². The predicted octanol–water partition coefficient (Wildman–Crippen LogP) is 2.22. The highest BCUT2D eigenvalue weighted by Crippen LogP contribution is 2.17. The number of hydrogen-bond acceptors (Lipinski definition) is 4. The molecule has 0 aliphatic heterocycles. The van der Waals surface area contributed by atoms with Gasteiger partial charge in [-0.3, -0.25) is 19.3 Å². The van der Waals surface area contributed by atoms with Gasteiger partial charge in [0, 0.05) is 42.0 Å². The third-order valence-corrected chi connectivity index (χ3v) is 3.65. The van der Waals surface area contributed by atoms with Crippen LogP contribution < -0.4 is 10.6 Å². The summed E-state index contributed by atoms with van der Waals surface area (Å²) in [5.41, 5.74) is 1.70. The van der Waals surface area contributed by atoms with Crippen molar-refractivity contribution < 1.29 is 9.59 Å². The zero-order valence-corrected chi connectivity index (χ0v) is 14.3. The van der Waals surface area contributed by atoms with Gasteiger partial charge >= 0.3 is 0 Å². The molecule has 0 radical (unpaired) electrons. The monoisotopic (exact) mass is 349 g/mol. The minimum atomic E-state index is -0.304.